The second kappa shape index (κ2) is 8.26. The van der Waals surface area contributed by atoms with Crippen LogP contribution in [0.5, 0.6) is 11.5 Å². The molecule has 1 aromatic heterocycles. The molecule has 1 N–H and O–H groups in total. The lowest BCUT2D eigenvalue weighted by molar-refractivity contribution is -0.138. The quantitative estimate of drug-likeness (QED) is 0.676. The SMILES string of the molecule is COc1cc2c(cc1OC)C(CC(=O)O)N(C(=O)c1cc(C)c3ccccc3n1)CC2. The number of aliphatic carboxylic acids is 1. The molecule has 7 heteroatoms. The van der Waals surface area contributed by atoms with E-state index in [0.717, 1.165) is 27.6 Å². The summed E-state index contributed by atoms with van der Waals surface area (Å²) in [7, 11) is 3.09. The topological polar surface area (TPSA) is 89.0 Å². The number of hydrogen-bond donors (Lipinski definition) is 1. The molecule has 7 nitrogen and oxygen atoms in total. The van der Waals surface area contributed by atoms with Crippen LogP contribution in [0.25, 0.3) is 10.9 Å². The molecule has 1 unspecified atom stereocenters. The van der Waals surface area contributed by atoms with Gasteiger partial charge in [0.15, 0.2) is 11.5 Å². The van der Waals surface area contributed by atoms with Crippen LogP contribution in [0.2, 0.25) is 0 Å². The average molecular weight is 420 g/mol. The Labute approximate surface area is 180 Å². The van der Waals surface area contributed by atoms with Crippen LogP contribution in [0.3, 0.4) is 0 Å². The fourth-order valence-corrected chi connectivity index (χ4v) is 4.26. The van der Waals surface area contributed by atoms with E-state index in [4.69, 9.17) is 9.47 Å². The highest BCUT2D eigenvalue weighted by molar-refractivity contribution is 5.96. The first kappa shape index (κ1) is 20.7. The van der Waals surface area contributed by atoms with Crippen molar-refractivity contribution in [1.82, 2.24) is 9.88 Å². The van der Waals surface area contributed by atoms with Gasteiger partial charge >= 0.3 is 5.97 Å². The largest absolute Gasteiger partial charge is 0.493 e. The van der Waals surface area contributed by atoms with E-state index >= 15 is 0 Å². The molecule has 0 fully saturated rings. The molecule has 0 aliphatic carbocycles. The highest BCUT2D eigenvalue weighted by Crippen LogP contribution is 2.40. The van der Waals surface area contributed by atoms with Gasteiger partial charge in [-0.15, -0.1) is 0 Å². The zero-order chi connectivity index (χ0) is 22.1. The summed E-state index contributed by atoms with van der Waals surface area (Å²) in [6, 6.07) is 12.4. The molecule has 160 valence electrons. The number of hydrogen-bond acceptors (Lipinski definition) is 5. The molecule has 1 atom stereocenters. The maximum absolute atomic E-state index is 13.5. The number of aromatic nitrogens is 1. The molecule has 0 saturated carbocycles. The van der Waals surface area contributed by atoms with Gasteiger partial charge in [-0.2, -0.15) is 0 Å². The molecule has 3 aromatic rings. The number of carboxylic acids is 1. The zero-order valence-corrected chi connectivity index (χ0v) is 17.7. The molecule has 0 saturated heterocycles. The molecule has 1 aliphatic heterocycles. The van der Waals surface area contributed by atoms with E-state index in [0.29, 0.717) is 30.2 Å². The van der Waals surface area contributed by atoms with Gasteiger partial charge in [0.05, 0.1) is 32.2 Å². The summed E-state index contributed by atoms with van der Waals surface area (Å²) in [6.45, 7) is 2.34. The van der Waals surface area contributed by atoms with Gasteiger partial charge < -0.3 is 19.5 Å². The number of aryl methyl sites for hydroxylation is 1. The highest BCUT2D eigenvalue weighted by Gasteiger charge is 2.34. The second-order valence-corrected chi connectivity index (χ2v) is 7.61. The number of nitrogens with zero attached hydrogens (tertiary/aromatic N) is 2. The van der Waals surface area contributed by atoms with Crippen LogP contribution in [0.15, 0.2) is 42.5 Å². The van der Waals surface area contributed by atoms with Crippen LogP contribution in [-0.4, -0.2) is 47.6 Å². The number of pyridine rings is 1. The molecular formula is C24H24N2O5. The number of carbonyl (C=O) groups excluding carboxylic acids is 1. The molecule has 2 heterocycles. The van der Waals surface area contributed by atoms with Crippen LogP contribution >= 0.6 is 0 Å². The van der Waals surface area contributed by atoms with Crippen molar-refractivity contribution in [3.63, 3.8) is 0 Å². The summed E-state index contributed by atoms with van der Waals surface area (Å²) in [5.74, 6) is -0.166. The summed E-state index contributed by atoms with van der Waals surface area (Å²) in [5.41, 5.74) is 3.72. The van der Waals surface area contributed by atoms with Crippen molar-refractivity contribution in [2.24, 2.45) is 0 Å². The summed E-state index contributed by atoms with van der Waals surface area (Å²) in [6.07, 6.45) is 0.380. The van der Waals surface area contributed by atoms with E-state index < -0.39 is 12.0 Å². The fraction of sp³-hybridized carbons (Fsp3) is 0.292. The van der Waals surface area contributed by atoms with Crippen molar-refractivity contribution in [3.8, 4) is 11.5 Å². The van der Waals surface area contributed by atoms with Gasteiger partial charge in [0.1, 0.15) is 5.69 Å². The van der Waals surface area contributed by atoms with Crippen molar-refractivity contribution in [1.29, 1.82) is 0 Å². The van der Waals surface area contributed by atoms with E-state index in [1.165, 1.54) is 7.11 Å². The van der Waals surface area contributed by atoms with Crippen molar-refractivity contribution >= 4 is 22.8 Å². The molecule has 1 aliphatic rings. The minimum absolute atomic E-state index is 0.208. The first-order valence-corrected chi connectivity index (χ1v) is 10.1. The Bertz CT molecular complexity index is 1170. The van der Waals surface area contributed by atoms with E-state index in [-0.39, 0.29) is 12.3 Å². The number of rotatable bonds is 5. The van der Waals surface area contributed by atoms with Gasteiger partial charge in [0, 0.05) is 11.9 Å². The van der Waals surface area contributed by atoms with Crippen molar-refractivity contribution < 1.29 is 24.2 Å². The van der Waals surface area contributed by atoms with Crippen molar-refractivity contribution in [2.75, 3.05) is 20.8 Å². The predicted molar refractivity (Wildman–Crippen MR) is 116 cm³/mol. The molecule has 0 radical (unpaired) electrons. The Kier molecular flexibility index (Phi) is 5.50. The van der Waals surface area contributed by atoms with Gasteiger partial charge in [-0.3, -0.25) is 9.59 Å². The molecule has 1 amide bonds. The molecule has 2 aromatic carbocycles. The number of carbonyl (C=O) groups is 2. The number of para-hydroxylation sites is 1. The third kappa shape index (κ3) is 3.79. The Morgan fingerprint density at radius 1 is 1.13 bits per heavy atom. The molecular weight excluding hydrogens is 396 g/mol. The highest BCUT2D eigenvalue weighted by atomic mass is 16.5. The van der Waals surface area contributed by atoms with Gasteiger partial charge in [-0.25, -0.2) is 4.98 Å². The van der Waals surface area contributed by atoms with Crippen LogP contribution in [0.4, 0.5) is 0 Å². The van der Waals surface area contributed by atoms with Crippen LogP contribution in [-0.2, 0) is 11.2 Å². The molecule has 0 spiro atoms. The second-order valence-electron chi connectivity index (χ2n) is 7.61. The average Bonchev–Trinajstić information content (AvgIpc) is 2.77. The van der Waals surface area contributed by atoms with Gasteiger partial charge in [-0.1, -0.05) is 18.2 Å². The monoisotopic (exact) mass is 420 g/mol. The zero-order valence-electron chi connectivity index (χ0n) is 17.7. The lowest BCUT2D eigenvalue weighted by atomic mass is 9.89. The van der Waals surface area contributed by atoms with Crippen LogP contribution < -0.4 is 9.47 Å². The fourth-order valence-electron chi connectivity index (χ4n) is 4.26. The Balaban J connectivity index is 1.77. The summed E-state index contributed by atoms with van der Waals surface area (Å²) in [5, 5.41) is 10.6. The van der Waals surface area contributed by atoms with E-state index in [1.54, 1.807) is 24.1 Å². The maximum atomic E-state index is 13.5. The number of benzene rings is 2. The maximum Gasteiger partial charge on any atom is 0.305 e. The summed E-state index contributed by atoms with van der Waals surface area (Å²) in [4.78, 5) is 31.3. The molecule has 31 heavy (non-hydrogen) atoms. The number of methoxy groups -OCH3 is 2. The third-order valence-corrected chi connectivity index (χ3v) is 5.77. The smallest absolute Gasteiger partial charge is 0.305 e. The Morgan fingerprint density at radius 2 is 1.84 bits per heavy atom. The lowest BCUT2D eigenvalue weighted by Crippen LogP contribution is -2.41. The Morgan fingerprint density at radius 3 is 2.55 bits per heavy atom. The van der Waals surface area contributed by atoms with E-state index in [1.807, 2.05) is 37.3 Å². The van der Waals surface area contributed by atoms with Crippen LogP contribution in [0.1, 0.15) is 39.6 Å². The first-order chi connectivity index (χ1) is 14.9. The normalized spacial score (nSPS) is 15.5. The van der Waals surface area contributed by atoms with Gasteiger partial charge in [0.2, 0.25) is 0 Å². The first-order valence-electron chi connectivity index (χ1n) is 10.1. The minimum Gasteiger partial charge on any atom is -0.493 e. The molecule has 0 bridgehead atoms. The van der Waals surface area contributed by atoms with Crippen LogP contribution in [0, 0.1) is 6.92 Å². The van der Waals surface area contributed by atoms with Gasteiger partial charge in [0.25, 0.3) is 5.91 Å². The third-order valence-electron chi connectivity index (χ3n) is 5.77. The van der Waals surface area contributed by atoms with E-state index in [2.05, 4.69) is 4.98 Å². The van der Waals surface area contributed by atoms with Gasteiger partial charge in [-0.05, 0) is 54.3 Å². The lowest BCUT2D eigenvalue weighted by Gasteiger charge is -2.37. The summed E-state index contributed by atoms with van der Waals surface area (Å²) < 4.78 is 10.8. The van der Waals surface area contributed by atoms with E-state index in [9.17, 15) is 14.7 Å². The number of fused-ring (bicyclic) bond motifs is 2. The Hall–Kier alpha value is -3.61. The number of carboxylic acid groups (broad SMARTS) is 1. The number of ether oxygens (including phenoxy) is 2. The predicted octanol–water partition coefficient (Wildman–Crippen LogP) is 3.77. The van der Waals surface area contributed by atoms with Crippen molar-refractivity contribution in [3.05, 3.63) is 64.8 Å². The standard InChI is InChI=1S/C24H24N2O5/c1-14-10-19(25-18-7-5-4-6-16(14)18)24(29)26-9-8-15-11-21(30-2)22(31-3)12-17(15)20(26)13-23(27)28/h4-7,10-12,20H,8-9,13H2,1-3H3,(H,27,28). The minimum atomic E-state index is -0.979. The molecule has 4 rings (SSSR count). The van der Waals surface area contributed by atoms with Crippen molar-refractivity contribution in [2.45, 2.75) is 25.8 Å². The number of amides is 1. The summed E-state index contributed by atoms with van der Waals surface area (Å²) >= 11 is 0.